The molecule has 0 radical (unpaired) electrons. The minimum Gasteiger partial charge on any atom is -0.451 e. The molecule has 1 amide bonds. The Kier molecular flexibility index (Phi) is 6.64. The first kappa shape index (κ1) is 21.4. The average molecular weight is 410 g/mol. The van der Waals surface area contributed by atoms with E-state index < -0.39 is 17.6 Å². The van der Waals surface area contributed by atoms with E-state index in [9.17, 15) is 18.0 Å². The van der Waals surface area contributed by atoms with Crippen LogP contribution in [-0.2, 0) is 10.9 Å². The summed E-state index contributed by atoms with van der Waals surface area (Å²) in [5, 5.41) is 2.78. The minimum absolute atomic E-state index is 0.0484. The van der Waals surface area contributed by atoms with Crippen LogP contribution in [0.1, 0.15) is 30.0 Å². The number of ether oxygens (including phenoxy) is 1. The van der Waals surface area contributed by atoms with Crippen LogP contribution in [0.4, 0.5) is 13.2 Å². The summed E-state index contributed by atoms with van der Waals surface area (Å²) >= 11 is 0. The van der Waals surface area contributed by atoms with Crippen LogP contribution in [0.5, 0.6) is 0 Å². The van der Waals surface area contributed by atoms with Crippen LogP contribution >= 0.6 is 0 Å². The summed E-state index contributed by atoms with van der Waals surface area (Å²) in [6.07, 6.45) is -4.55. The number of nitrogens with zero attached hydrogens (tertiary/aromatic N) is 1. The molecular formula is C21H25F3N2O3. The maximum Gasteiger partial charge on any atom is 0.416 e. The van der Waals surface area contributed by atoms with Crippen LogP contribution in [0.3, 0.4) is 0 Å². The van der Waals surface area contributed by atoms with Gasteiger partial charge < -0.3 is 14.5 Å². The zero-order valence-electron chi connectivity index (χ0n) is 16.5. The number of morpholine rings is 1. The summed E-state index contributed by atoms with van der Waals surface area (Å²) < 4.78 is 49.8. The second-order valence-corrected chi connectivity index (χ2v) is 7.60. The first-order valence-corrected chi connectivity index (χ1v) is 9.62. The van der Waals surface area contributed by atoms with E-state index in [1.165, 1.54) is 24.3 Å². The van der Waals surface area contributed by atoms with Crippen molar-refractivity contribution in [3.05, 3.63) is 47.7 Å². The Morgan fingerprint density at radius 3 is 2.79 bits per heavy atom. The lowest BCUT2D eigenvalue weighted by Gasteiger charge is -2.33. The predicted molar refractivity (Wildman–Crippen MR) is 102 cm³/mol. The van der Waals surface area contributed by atoms with Crippen LogP contribution < -0.4 is 5.32 Å². The second-order valence-electron chi connectivity index (χ2n) is 7.60. The fourth-order valence-corrected chi connectivity index (χ4v) is 3.34. The van der Waals surface area contributed by atoms with Crippen molar-refractivity contribution in [3.8, 4) is 11.3 Å². The van der Waals surface area contributed by atoms with E-state index in [0.717, 1.165) is 31.8 Å². The van der Waals surface area contributed by atoms with Gasteiger partial charge in [0.25, 0.3) is 5.91 Å². The Bertz CT molecular complexity index is 833. The fourth-order valence-electron chi connectivity index (χ4n) is 3.34. The number of halogens is 3. The molecule has 1 N–H and O–H groups in total. The highest BCUT2D eigenvalue weighted by atomic mass is 19.4. The van der Waals surface area contributed by atoms with E-state index in [1.807, 2.05) is 0 Å². The number of carbonyl (C=O) groups is 1. The van der Waals surface area contributed by atoms with Crippen molar-refractivity contribution in [2.75, 3.05) is 32.8 Å². The molecule has 1 saturated heterocycles. The topological polar surface area (TPSA) is 54.7 Å². The van der Waals surface area contributed by atoms with Crippen molar-refractivity contribution < 1.29 is 27.1 Å². The van der Waals surface area contributed by atoms with Crippen LogP contribution in [-0.4, -0.2) is 49.7 Å². The number of carbonyl (C=O) groups excluding carboxylic acids is 1. The molecule has 0 aliphatic carbocycles. The zero-order valence-corrected chi connectivity index (χ0v) is 16.5. The summed E-state index contributed by atoms with van der Waals surface area (Å²) in [5.41, 5.74) is -0.503. The lowest BCUT2D eigenvalue weighted by molar-refractivity contribution is -0.137. The molecule has 0 saturated carbocycles. The Balaban J connectivity index is 1.59. The van der Waals surface area contributed by atoms with Crippen molar-refractivity contribution in [3.63, 3.8) is 0 Å². The van der Waals surface area contributed by atoms with Crippen molar-refractivity contribution in [1.82, 2.24) is 10.2 Å². The minimum atomic E-state index is -4.44. The third-order valence-electron chi connectivity index (χ3n) is 4.64. The highest BCUT2D eigenvalue weighted by Crippen LogP contribution is 2.32. The van der Waals surface area contributed by atoms with E-state index in [2.05, 4.69) is 24.1 Å². The molecule has 158 valence electrons. The van der Waals surface area contributed by atoms with Gasteiger partial charge in [0.1, 0.15) is 5.76 Å². The zero-order chi connectivity index (χ0) is 21.0. The molecule has 1 aliphatic rings. The third kappa shape index (κ3) is 5.83. The van der Waals surface area contributed by atoms with Crippen molar-refractivity contribution in [2.45, 2.75) is 26.1 Å². The molecule has 1 fully saturated rings. The van der Waals surface area contributed by atoms with Gasteiger partial charge in [-0.3, -0.25) is 9.69 Å². The summed E-state index contributed by atoms with van der Waals surface area (Å²) in [6.45, 7) is 7.87. The van der Waals surface area contributed by atoms with Gasteiger partial charge in [-0.2, -0.15) is 13.2 Å². The maximum atomic E-state index is 12.9. The molecule has 1 atom stereocenters. The summed E-state index contributed by atoms with van der Waals surface area (Å²) in [5.74, 6) is 0.388. The largest absolute Gasteiger partial charge is 0.451 e. The number of amides is 1. The fraction of sp³-hybridized carbons (Fsp3) is 0.476. The monoisotopic (exact) mass is 410 g/mol. The molecule has 29 heavy (non-hydrogen) atoms. The van der Waals surface area contributed by atoms with Crippen molar-refractivity contribution in [2.24, 2.45) is 5.92 Å². The van der Waals surface area contributed by atoms with Crippen molar-refractivity contribution in [1.29, 1.82) is 0 Å². The van der Waals surface area contributed by atoms with Gasteiger partial charge in [0.05, 0.1) is 18.3 Å². The normalized spacial score (nSPS) is 18.2. The van der Waals surface area contributed by atoms with E-state index in [1.54, 1.807) is 0 Å². The van der Waals surface area contributed by atoms with Gasteiger partial charge in [0.2, 0.25) is 0 Å². The SMILES string of the molecule is CC(C)CN1CCOC(CNC(=O)c2ccc(-c3cccc(C(F)(F)F)c3)o2)C1. The molecule has 0 bridgehead atoms. The van der Waals surface area contributed by atoms with Gasteiger partial charge in [-0.25, -0.2) is 0 Å². The average Bonchev–Trinajstić information content (AvgIpc) is 3.16. The van der Waals surface area contributed by atoms with Crippen molar-refractivity contribution >= 4 is 5.91 Å². The molecule has 2 heterocycles. The van der Waals surface area contributed by atoms with Crippen LogP contribution in [0.25, 0.3) is 11.3 Å². The van der Waals surface area contributed by atoms with Gasteiger partial charge in [-0.05, 0) is 30.2 Å². The lowest BCUT2D eigenvalue weighted by Crippen LogP contribution is -2.48. The Morgan fingerprint density at radius 2 is 2.07 bits per heavy atom. The van der Waals surface area contributed by atoms with Crippen LogP contribution in [0.2, 0.25) is 0 Å². The molecule has 3 rings (SSSR count). The number of hydrogen-bond acceptors (Lipinski definition) is 4. The highest BCUT2D eigenvalue weighted by molar-refractivity contribution is 5.92. The molecule has 1 aliphatic heterocycles. The molecule has 1 aromatic carbocycles. The number of nitrogens with one attached hydrogen (secondary N) is 1. The van der Waals surface area contributed by atoms with Gasteiger partial charge >= 0.3 is 6.18 Å². The maximum absolute atomic E-state index is 12.9. The highest BCUT2D eigenvalue weighted by Gasteiger charge is 2.30. The molecule has 0 spiro atoms. The molecule has 1 aromatic heterocycles. The quantitative estimate of drug-likeness (QED) is 0.781. The molecule has 8 heteroatoms. The van der Waals surface area contributed by atoms with E-state index in [-0.39, 0.29) is 23.2 Å². The first-order valence-electron chi connectivity index (χ1n) is 9.62. The molecular weight excluding hydrogens is 385 g/mol. The van der Waals surface area contributed by atoms with E-state index in [4.69, 9.17) is 9.15 Å². The van der Waals surface area contributed by atoms with Crippen LogP contribution in [0, 0.1) is 5.92 Å². The standard InChI is InChI=1S/C21H25F3N2O3/c1-14(2)12-26-8-9-28-17(13-26)11-25-20(27)19-7-6-18(29-19)15-4-3-5-16(10-15)21(22,23)24/h3-7,10,14,17H,8-9,11-13H2,1-2H3,(H,25,27). The van der Waals surface area contributed by atoms with Gasteiger partial charge in [-0.1, -0.05) is 26.0 Å². The second kappa shape index (κ2) is 9.00. The Morgan fingerprint density at radius 1 is 1.28 bits per heavy atom. The summed E-state index contributed by atoms with van der Waals surface area (Å²) in [4.78, 5) is 14.7. The van der Waals surface area contributed by atoms with Crippen LogP contribution in [0.15, 0.2) is 40.8 Å². The Hall–Kier alpha value is -2.32. The summed E-state index contributed by atoms with van der Waals surface area (Å²) in [7, 11) is 0. The number of hydrogen-bond donors (Lipinski definition) is 1. The third-order valence-corrected chi connectivity index (χ3v) is 4.64. The smallest absolute Gasteiger partial charge is 0.416 e. The number of alkyl halides is 3. The van der Waals surface area contributed by atoms with E-state index >= 15 is 0 Å². The number of furan rings is 1. The summed E-state index contributed by atoms with van der Waals surface area (Å²) in [6, 6.07) is 7.76. The van der Waals surface area contributed by atoms with Gasteiger partial charge in [-0.15, -0.1) is 0 Å². The first-order chi connectivity index (χ1) is 13.7. The van der Waals surface area contributed by atoms with E-state index in [0.29, 0.717) is 19.1 Å². The molecule has 1 unspecified atom stereocenters. The number of rotatable bonds is 6. The lowest BCUT2D eigenvalue weighted by atomic mass is 10.1. The van der Waals surface area contributed by atoms with Gasteiger partial charge in [0, 0.05) is 31.7 Å². The van der Waals surface area contributed by atoms with Gasteiger partial charge in [0.15, 0.2) is 5.76 Å². The number of benzene rings is 1. The Labute approximate surface area is 167 Å². The molecule has 5 nitrogen and oxygen atoms in total. The molecule has 2 aromatic rings. The predicted octanol–water partition coefficient (Wildman–Crippen LogP) is 4.05.